The van der Waals surface area contributed by atoms with Crippen molar-refractivity contribution < 1.29 is 24.2 Å². The molecule has 2 aromatic carbocycles. The molecule has 1 aliphatic rings. The van der Waals surface area contributed by atoms with Gasteiger partial charge in [0.1, 0.15) is 22.2 Å². The molecular formula is C18H12ClNO5. The van der Waals surface area contributed by atoms with Crippen LogP contribution in [0.5, 0.6) is 11.5 Å². The summed E-state index contributed by atoms with van der Waals surface area (Å²) >= 11 is 6.09. The van der Waals surface area contributed by atoms with E-state index in [1.165, 1.54) is 12.1 Å². The van der Waals surface area contributed by atoms with Gasteiger partial charge in [0.2, 0.25) is 11.6 Å². The number of para-hydroxylation sites is 1. The molecule has 0 saturated carbocycles. The van der Waals surface area contributed by atoms with E-state index in [1.807, 2.05) is 0 Å². The first-order chi connectivity index (χ1) is 11.9. The highest BCUT2D eigenvalue weighted by Gasteiger charge is 2.36. The maximum Gasteiger partial charge on any atom is 0.308 e. The monoisotopic (exact) mass is 357 g/mol. The zero-order valence-corrected chi connectivity index (χ0v) is 13.8. The summed E-state index contributed by atoms with van der Waals surface area (Å²) in [6, 6.07) is 11.1. The van der Waals surface area contributed by atoms with E-state index in [0.717, 1.165) is 6.92 Å². The van der Waals surface area contributed by atoms with Crippen molar-refractivity contribution in [2.24, 2.45) is 0 Å². The van der Waals surface area contributed by atoms with E-state index in [-0.39, 0.29) is 27.6 Å². The van der Waals surface area contributed by atoms with Crippen molar-refractivity contribution in [2.45, 2.75) is 6.92 Å². The van der Waals surface area contributed by atoms with Gasteiger partial charge in [0.05, 0.1) is 11.1 Å². The average molecular weight is 358 g/mol. The number of rotatable bonds is 3. The molecule has 6 nitrogen and oxygen atoms in total. The molecule has 7 heteroatoms. The summed E-state index contributed by atoms with van der Waals surface area (Å²) in [4.78, 5) is 36.6. The molecule has 2 N–H and O–H groups in total. The van der Waals surface area contributed by atoms with E-state index in [9.17, 15) is 19.5 Å². The molecule has 1 aliphatic carbocycles. The molecule has 0 aliphatic heterocycles. The van der Waals surface area contributed by atoms with E-state index in [4.69, 9.17) is 16.3 Å². The smallest absolute Gasteiger partial charge is 0.308 e. The number of halogens is 1. The van der Waals surface area contributed by atoms with Crippen LogP contribution >= 0.6 is 11.6 Å². The number of fused-ring (bicyclic) bond motifs is 1. The summed E-state index contributed by atoms with van der Waals surface area (Å²) in [6.07, 6.45) is 0. The van der Waals surface area contributed by atoms with Crippen LogP contribution in [-0.4, -0.2) is 22.6 Å². The predicted octanol–water partition coefficient (Wildman–Crippen LogP) is 3.26. The van der Waals surface area contributed by atoms with Crippen molar-refractivity contribution >= 4 is 34.8 Å². The molecule has 0 saturated heterocycles. The number of allylic oxidation sites excluding steroid dienone is 2. The number of benzene rings is 2. The summed E-state index contributed by atoms with van der Waals surface area (Å²) in [6.45, 7) is 1.16. The van der Waals surface area contributed by atoms with Gasteiger partial charge < -0.3 is 15.2 Å². The minimum atomic E-state index is -0.721. The molecule has 0 aromatic heterocycles. The Morgan fingerprint density at radius 2 is 1.72 bits per heavy atom. The van der Waals surface area contributed by atoms with E-state index >= 15 is 0 Å². The zero-order valence-electron chi connectivity index (χ0n) is 13.0. The summed E-state index contributed by atoms with van der Waals surface area (Å²) in [7, 11) is 0. The highest BCUT2D eigenvalue weighted by molar-refractivity contribution is 6.50. The summed E-state index contributed by atoms with van der Waals surface area (Å²) < 4.78 is 4.96. The Morgan fingerprint density at radius 3 is 2.36 bits per heavy atom. The van der Waals surface area contributed by atoms with E-state index < -0.39 is 23.3 Å². The number of phenols is 1. The average Bonchev–Trinajstić information content (AvgIpc) is 2.58. The van der Waals surface area contributed by atoms with Gasteiger partial charge in [0.15, 0.2) is 0 Å². The fraction of sp³-hybridized carbons (Fsp3) is 0.0556. The number of carbonyl (C=O) groups is 3. The lowest BCUT2D eigenvalue weighted by Crippen LogP contribution is -2.25. The van der Waals surface area contributed by atoms with E-state index in [1.54, 1.807) is 30.3 Å². The van der Waals surface area contributed by atoms with Crippen molar-refractivity contribution in [2.75, 3.05) is 5.32 Å². The first-order valence-corrected chi connectivity index (χ1v) is 7.63. The normalized spacial score (nSPS) is 13.5. The molecule has 0 spiro atoms. The van der Waals surface area contributed by atoms with Gasteiger partial charge in [-0.2, -0.15) is 0 Å². The van der Waals surface area contributed by atoms with Gasteiger partial charge in [-0.15, -0.1) is 0 Å². The van der Waals surface area contributed by atoms with Gasteiger partial charge in [-0.05, 0) is 24.3 Å². The lowest BCUT2D eigenvalue weighted by molar-refractivity contribution is -0.131. The number of aromatic hydroxyl groups is 1. The SMILES string of the molecule is CC(=O)Oc1ccc(O)c2c1C(=O)C(Cl)=C(Nc1ccccc1)C2=O. The number of phenolic OH excluding ortho intramolecular Hbond substituents is 1. The van der Waals surface area contributed by atoms with Crippen LogP contribution in [0.1, 0.15) is 27.6 Å². The molecule has 0 bridgehead atoms. The number of ketones is 2. The molecular weight excluding hydrogens is 346 g/mol. The standard InChI is InChI=1S/C18H12ClNO5/c1-9(21)25-12-8-7-11(22)13-14(12)17(23)15(19)16(18(13)24)20-10-5-3-2-4-6-10/h2-8,20,22H,1H3. The fourth-order valence-corrected chi connectivity index (χ4v) is 2.72. The molecule has 0 heterocycles. The Labute approximate surface area is 147 Å². The first kappa shape index (κ1) is 16.7. The molecule has 2 aromatic rings. The van der Waals surface area contributed by atoms with Crippen LogP contribution in [0.25, 0.3) is 0 Å². The first-order valence-electron chi connectivity index (χ1n) is 7.25. The second-order valence-electron chi connectivity index (χ2n) is 5.26. The molecule has 0 unspecified atom stereocenters. The van der Waals surface area contributed by atoms with Crippen LogP contribution in [-0.2, 0) is 4.79 Å². The largest absolute Gasteiger partial charge is 0.507 e. The summed E-state index contributed by atoms with van der Waals surface area (Å²) in [5.41, 5.74) is -0.0908. The van der Waals surface area contributed by atoms with Crippen molar-refractivity contribution in [1.29, 1.82) is 0 Å². The highest BCUT2D eigenvalue weighted by Crippen LogP contribution is 2.39. The van der Waals surface area contributed by atoms with Crippen LogP contribution < -0.4 is 10.1 Å². The number of nitrogens with one attached hydrogen (secondary N) is 1. The number of ether oxygens (including phenoxy) is 1. The minimum Gasteiger partial charge on any atom is -0.507 e. The van der Waals surface area contributed by atoms with Crippen LogP contribution in [0, 0.1) is 0 Å². The Hall–Kier alpha value is -3.12. The highest BCUT2D eigenvalue weighted by atomic mass is 35.5. The summed E-state index contributed by atoms with van der Waals surface area (Å²) in [5.74, 6) is -2.59. The second-order valence-corrected chi connectivity index (χ2v) is 5.64. The minimum absolute atomic E-state index is 0.129. The molecule has 0 amide bonds. The number of esters is 1. The molecule has 0 atom stereocenters. The number of hydrogen-bond donors (Lipinski definition) is 2. The van der Waals surface area contributed by atoms with Crippen LogP contribution in [0.2, 0.25) is 0 Å². The Kier molecular flexibility index (Phi) is 4.29. The number of anilines is 1. The molecule has 0 radical (unpaired) electrons. The Balaban J connectivity index is 2.13. The molecule has 25 heavy (non-hydrogen) atoms. The Bertz CT molecular complexity index is 934. The number of hydrogen-bond acceptors (Lipinski definition) is 6. The van der Waals surface area contributed by atoms with Gasteiger partial charge in [-0.25, -0.2) is 0 Å². The maximum atomic E-state index is 12.8. The third-order valence-corrected chi connectivity index (χ3v) is 3.90. The van der Waals surface area contributed by atoms with Gasteiger partial charge in [0, 0.05) is 12.6 Å². The van der Waals surface area contributed by atoms with Gasteiger partial charge in [0.25, 0.3) is 0 Å². The quantitative estimate of drug-likeness (QED) is 0.647. The van der Waals surface area contributed by atoms with E-state index in [0.29, 0.717) is 5.69 Å². The van der Waals surface area contributed by atoms with E-state index in [2.05, 4.69) is 5.32 Å². The van der Waals surface area contributed by atoms with Crippen LogP contribution in [0.15, 0.2) is 53.2 Å². The topological polar surface area (TPSA) is 92.7 Å². The Morgan fingerprint density at radius 1 is 1.04 bits per heavy atom. The predicted molar refractivity (Wildman–Crippen MR) is 91.0 cm³/mol. The van der Waals surface area contributed by atoms with Gasteiger partial charge in [-0.1, -0.05) is 29.8 Å². The molecule has 0 fully saturated rings. The second kappa shape index (κ2) is 6.41. The van der Waals surface area contributed by atoms with Crippen molar-refractivity contribution in [3.8, 4) is 11.5 Å². The molecule has 3 rings (SSSR count). The van der Waals surface area contributed by atoms with Gasteiger partial charge >= 0.3 is 5.97 Å². The number of carbonyl (C=O) groups excluding carboxylic acids is 3. The van der Waals surface area contributed by atoms with Crippen LogP contribution in [0.3, 0.4) is 0 Å². The summed E-state index contributed by atoms with van der Waals surface area (Å²) in [5, 5.41) is 12.5. The van der Waals surface area contributed by atoms with Crippen molar-refractivity contribution in [1.82, 2.24) is 0 Å². The third kappa shape index (κ3) is 2.99. The fourth-order valence-electron chi connectivity index (χ4n) is 2.49. The van der Waals surface area contributed by atoms with Crippen molar-refractivity contribution in [3.05, 3.63) is 64.3 Å². The molecule has 126 valence electrons. The van der Waals surface area contributed by atoms with Gasteiger partial charge in [-0.3, -0.25) is 14.4 Å². The lowest BCUT2D eigenvalue weighted by atomic mass is 9.90. The zero-order chi connectivity index (χ0) is 18.1. The van der Waals surface area contributed by atoms with Crippen LogP contribution in [0.4, 0.5) is 5.69 Å². The lowest BCUT2D eigenvalue weighted by Gasteiger charge is -2.21. The maximum absolute atomic E-state index is 12.8. The number of Topliss-reactive ketones (excluding diaryl/α,β-unsaturated/α-hetero) is 2. The van der Waals surface area contributed by atoms with Crippen molar-refractivity contribution in [3.63, 3.8) is 0 Å². The third-order valence-electron chi connectivity index (χ3n) is 3.54.